The van der Waals surface area contributed by atoms with Gasteiger partial charge in [-0.2, -0.15) is 0 Å². The van der Waals surface area contributed by atoms with Crippen LogP contribution in [0.25, 0.3) is 0 Å². The highest BCUT2D eigenvalue weighted by Crippen LogP contribution is 2.43. The summed E-state index contributed by atoms with van der Waals surface area (Å²) in [6, 6.07) is 3.78. The Balaban J connectivity index is 1.61. The molecule has 184 valence electrons. The van der Waals surface area contributed by atoms with Crippen LogP contribution in [0.1, 0.15) is 24.0 Å². The molecule has 2 aliphatic rings. The molecule has 0 radical (unpaired) electrons. The normalized spacial score (nSPS) is 23.4. The number of likely N-dealkylation sites (N-methyl/N-ethyl adjacent to an activating group) is 1. The third-order valence-corrected chi connectivity index (χ3v) is 8.03. The average molecular weight is 519 g/mol. The summed E-state index contributed by atoms with van der Waals surface area (Å²) in [4.78, 5) is 2.53. The highest BCUT2D eigenvalue weighted by molar-refractivity contribution is 7.93. The molecule has 0 aromatic heterocycles. The number of ether oxygens (including phenoxy) is 2. The molecule has 1 aliphatic heterocycles. The van der Waals surface area contributed by atoms with Gasteiger partial charge in [0.25, 0.3) is 0 Å². The summed E-state index contributed by atoms with van der Waals surface area (Å²) < 4.78 is 38.7. The predicted molar refractivity (Wildman–Crippen MR) is 133 cm³/mol. The molecule has 0 fully saturated rings. The topological polar surface area (TPSA) is 93.9 Å². The second-order valence-corrected chi connectivity index (χ2v) is 11.1. The van der Waals surface area contributed by atoms with Crippen molar-refractivity contribution in [2.24, 2.45) is 17.6 Å². The summed E-state index contributed by atoms with van der Waals surface area (Å²) in [6.07, 6.45) is 5.54. The number of allylic oxidation sites excluding steroid dienone is 3. The van der Waals surface area contributed by atoms with Crippen LogP contribution in [0.3, 0.4) is 0 Å². The number of nitrogens with zero attached hydrogens (tertiary/aromatic N) is 1. The van der Waals surface area contributed by atoms with E-state index in [0.29, 0.717) is 36.4 Å². The molecule has 0 spiro atoms. The first-order valence-corrected chi connectivity index (χ1v) is 13.4. The van der Waals surface area contributed by atoms with E-state index in [-0.39, 0.29) is 35.8 Å². The van der Waals surface area contributed by atoms with Crippen molar-refractivity contribution in [3.63, 3.8) is 0 Å². The maximum absolute atomic E-state index is 12.8. The third-order valence-electron chi connectivity index (χ3n) is 6.00. The minimum Gasteiger partial charge on any atom is -0.378 e. The molecule has 0 bridgehead atoms. The van der Waals surface area contributed by atoms with E-state index >= 15 is 0 Å². The van der Waals surface area contributed by atoms with Gasteiger partial charge in [0.15, 0.2) is 0 Å². The lowest BCUT2D eigenvalue weighted by Crippen LogP contribution is -2.36. The van der Waals surface area contributed by atoms with Gasteiger partial charge in [-0.05, 0) is 48.2 Å². The molecule has 10 heteroatoms. The number of nitrogens with one attached hydrogen (secondary N) is 1. The summed E-state index contributed by atoms with van der Waals surface area (Å²) >= 11 is 12.8. The molecule has 1 aliphatic carbocycles. The number of benzene rings is 1. The van der Waals surface area contributed by atoms with Crippen molar-refractivity contribution in [1.82, 2.24) is 9.62 Å². The van der Waals surface area contributed by atoms with Crippen molar-refractivity contribution < 1.29 is 17.9 Å². The lowest BCUT2D eigenvalue weighted by Gasteiger charge is -2.39. The lowest BCUT2D eigenvalue weighted by molar-refractivity contribution is 0.0531. The van der Waals surface area contributed by atoms with Crippen LogP contribution >= 0.6 is 23.2 Å². The molecular weight excluding hydrogens is 485 g/mol. The van der Waals surface area contributed by atoms with Crippen LogP contribution in [0.15, 0.2) is 35.3 Å². The Hall–Kier alpha value is -0.970. The van der Waals surface area contributed by atoms with Crippen molar-refractivity contribution in [2.75, 3.05) is 53.1 Å². The minimum atomic E-state index is -3.61. The predicted octanol–water partition coefficient (Wildman–Crippen LogP) is 3.14. The number of hydrogen-bond donors (Lipinski definition) is 2. The highest BCUT2D eigenvalue weighted by Gasteiger charge is 2.35. The minimum absolute atomic E-state index is 0.0274. The van der Waals surface area contributed by atoms with Crippen molar-refractivity contribution >= 4 is 33.2 Å². The van der Waals surface area contributed by atoms with E-state index in [4.69, 9.17) is 38.4 Å². The van der Waals surface area contributed by atoms with Crippen LogP contribution in [0.4, 0.5) is 0 Å². The van der Waals surface area contributed by atoms with Crippen molar-refractivity contribution in [3.05, 3.63) is 56.4 Å². The molecule has 1 aromatic rings. The van der Waals surface area contributed by atoms with Gasteiger partial charge in [-0.15, -0.1) is 0 Å². The van der Waals surface area contributed by atoms with E-state index in [1.807, 2.05) is 18.2 Å². The smallest absolute Gasteiger partial charge is 0.240 e. The van der Waals surface area contributed by atoms with E-state index < -0.39 is 10.0 Å². The number of halogens is 2. The molecule has 1 aromatic carbocycles. The van der Waals surface area contributed by atoms with E-state index in [9.17, 15) is 8.42 Å². The molecule has 7 nitrogen and oxygen atoms in total. The largest absolute Gasteiger partial charge is 0.378 e. The Morgan fingerprint density at radius 2 is 1.91 bits per heavy atom. The van der Waals surface area contributed by atoms with Gasteiger partial charge in [0.1, 0.15) is 0 Å². The van der Waals surface area contributed by atoms with Crippen LogP contribution in [0, 0.1) is 11.8 Å². The standard InChI is InChI=1S/C23H33Cl2N3O4S/c1-16-11-18(33(29,30)27-6-8-32-10-9-31-7-5-26)3-4-19(16)21-14-28(2)15-22-20(21)12-17(24)13-23(22)25/h3-4,11-13,16,19,21,27H,5-10,14-15,26H2,1-2H3. The molecular formula is C23H33Cl2N3O4S. The van der Waals surface area contributed by atoms with Gasteiger partial charge in [0.2, 0.25) is 10.0 Å². The molecule has 3 unspecified atom stereocenters. The summed E-state index contributed by atoms with van der Waals surface area (Å²) in [5.41, 5.74) is 7.59. The van der Waals surface area contributed by atoms with Crippen molar-refractivity contribution in [3.8, 4) is 0 Å². The molecule has 3 rings (SSSR count). The molecule has 1 heterocycles. The highest BCUT2D eigenvalue weighted by atomic mass is 35.5. The first kappa shape index (κ1) is 26.6. The van der Waals surface area contributed by atoms with Crippen LogP contribution < -0.4 is 10.5 Å². The summed E-state index contributed by atoms with van der Waals surface area (Å²) in [7, 11) is -1.54. The van der Waals surface area contributed by atoms with E-state index in [0.717, 1.165) is 24.2 Å². The fraction of sp³-hybridized carbons (Fsp3) is 0.565. The number of sulfonamides is 1. The SMILES string of the molecule is CC1C=C(S(=O)(=O)NCCOCCOCCN)C=CC1C1CN(C)Cc2c(Cl)cc(Cl)cc21. The number of hydrogen-bond acceptors (Lipinski definition) is 6. The zero-order valence-corrected chi connectivity index (χ0v) is 21.4. The van der Waals surface area contributed by atoms with Crippen LogP contribution in [-0.2, 0) is 26.0 Å². The Morgan fingerprint density at radius 1 is 1.18 bits per heavy atom. The maximum Gasteiger partial charge on any atom is 0.240 e. The molecule has 0 amide bonds. The second-order valence-electron chi connectivity index (χ2n) is 8.53. The van der Waals surface area contributed by atoms with E-state index in [1.165, 1.54) is 0 Å². The van der Waals surface area contributed by atoms with Gasteiger partial charge in [-0.1, -0.05) is 42.3 Å². The van der Waals surface area contributed by atoms with Crippen molar-refractivity contribution in [1.29, 1.82) is 0 Å². The van der Waals surface area contributed by atoms with Crippen LogP contribution in [-0.4, -0.2) is 66.4 Å². The molecule has 3 atom stereocenters. The number of fused-ring (bicyclic) bond motifs is 1. The summed E-state index contributed by atoms with van der Waals surface area (Å²) in [6.45, 7) is 5.92. The van der Waals surface area contributed by atoms with Gasteiger partial charge in [0.05, 0.1) is 31.3 Å². The molecule has 0 saturated heterocycles. The Morgan fingerprint density at radius 3 is 2.61 bits per heavy atom. The number of rotatable bonds is 11. The number of nitrogens with two attached hydrogens (primary N) is 1. The first-order chi connectivity index (χ1) is 15.7. The first-order valence-electron chi connectivity index (χ1n) is 11.1. The van der Waals surface area contributed by atoms with E-state index in [2.05, 4.69) is 23.6 Å². The third kappa shape index (κ3) is 7.02. The molecule has 0 saturated carbocycles. The van der Waals surface area contributed by atoms with Crippen molar-refractivity contribution in [2.45, 2.75) is 19.4 Å². The van der Waals surface area contributed by atoms with Gasteiger partial charge in [-0.25, -0.2) is 13.1 Å². The quantitative estimate of drug-likeness (QED) is 0.438. The second kappa shape index (κ2) is 12.1. The van der Waals surface area contributed by atoms with Crippen LogP contribution in [0.2, 0.25) is 10.0 Å². The zero-order valence-electron chi connectivity index (χ0n) is 19.1. The monoisotopic (exact) mass is 517 g/mol. The van der Waals surface area contributed by atoms with Gasteiger partial charge < -0.3 is 20.1 Å². The fourth-order valence-electron chi connectivity index (χ4n) is 4.44. The van der Waals surface area contributed by atoms with Gasteiger partial charge >= 0.3 is 0 Å². The zero-order chi connectivity index (χ0) is 24.0. The maximum atomic E-state index is 12.8. The summed E-state index contributed by atoms with van der Waals surface area (Å²) in [5.74, 6) is 0.334. The Bertz CT molecular complexity index is 984. The molecule has 33 heavy (non-hydrogen) atoms. The lowest BCUT2D eigenvalue weighted by atomic mass is 9.74. The average Bonchev–Trinajstić information content (AvgIpc) is 2.76. The van der Waals surface area contributed by atoms with Gasteiger partial charge in [0, 0.05) is 42.1 Å². The van der Waals surface area contributed by atoms with Crippen LogP contribution in [0.5, 0.6) is 0 Å². The Kier molecular flexibility index (Phi) is 9.79. The van der Waals surface area contributed by atoms with E-state index in [1.54, 1.807) is 12.1 Å². The van der Waals surface area contributed by atoms with Gasteiger partial charge in [-0.3, -0.25) is 0 Å². The fourth-order valence-corrected chi connectivity index (χ4v) is 6.18. The molecule has 3 N–H and O–H groups in total. The summed E-state index contributed by atoms with van der Waals surface area (Å²) in [5, 5.41) is 1.30. The Labute approximate surface area is 206 Å².